The molecule has 0 aromatic rings. The van der Waals surface area contributed by atoms with Crippen molar-refractivity contribution >= 4 is 0 Å². The van der Waals surface area contributed by atoms with Gasteiger partial charge in [0.25, 0.3) is 0 Å². The van der Waals surface area contributed by atoms with Gasteiger partial charge in [0, 0.05) is 6.61 Å². The van der Waals surface area contributed by atoms with Crippen molar-refractivity contribution in [1.82, 2.24) is 0 Å². The molecule has 0 spiro atoms. The summed E-state index contributed by atoms with van der Waals surface area (Å²) in [7, 11) is 0. The highest BCUT2D eigenvalue weighted by Crippen LogP contribution is 2.24. The molecule has 0 saturated carbocycles. The van der Waals surface area contributed by atoms with Crippen LogP contribution in [0.25, 0.3) is 0 Å². The molecule has 5 atom stereocenters. The van der Waals surface area contributed by atoms with E-state index in [1.54, 1.807) is 0 Å². The van der Waals surface area contributed by atoms with Gasteiger partial charge in [-0.05, 0) is 6.42 Å². The van der Waals surface area contributed by atoms with Crippen molar-refractivity contribution in [3.8, 4) is 0 Å². The quantitative estimate of drug-likeness (QED) is 0.400. The van der Waals surface area contributed by atoms with Crippen LogP contribution >= 0.6 is 0 Å². The Morgan fingerprint density at radius 2 is 1.55 bits per heavy atom. The molecule has 1 unspecified atom stereocenters. The fourth-order valence-electron chi connectivity index (χ4n) is 2.67. The maximum Gasteiger partial charge on any atom is 0.186 e. The molecule has 1 aliphatic heterocycles. The van der Waals surface area contributed by atoms with Gasteiger partial charge in [-0.15, -0.1) is 0 Å². The minimum absolute atomic E-state index is 0.450. The van der Waals surface area contributed by atoms with E-state index in [1.807, 2.05) is 0 Å². The van der Waals surface area contributed by atoms with Crippen LogP contribution in [-0.4, -0.2) is 64.3 Å². The van der Waals surface area contributed by atoms with E-state index in [2.05, 4.69) is 6.92 Å². The molecule has 1 fully saturated rings. The van der Waals surface area contributed by atoms with E-state index in [-0.39, 0.29) is 0 Å². The molecule has 0 aromatic heterocycles. The third-order valence-corrected chi connectivity index (χ3v) is 4.10. The average molecular weight is 320 g/mol. The minimum atomic E-state index is -1.24. The average Bonchev–Trinajstić information content (AvgIpc) is 2.81. The van der Waals surface area contributed by atoms with Gasteiger partial charge in [0.2, 0.25) is 0 Å². The summed E-state index contributed by atoms with van der Waals surface area (Å²) < 4.78 is 10.7. The third-order valence-electron chi connectivity index (χ3n) is 4.10. The van der Waals surface area contributed by atoms with Gasteiger partial charge in [0.05, 0.1) is 6.61 Å². The topological polar surface area (TPSA) is 99.4 Å². The zero-order valence-corrected chi connectivity index (χ0v) is 13.6. The van der Waals surface area contributed by atoms with Crippen molar-refractivity contribution in [3.63, 3.8) is 0 Å². The van der Waals surface area contributed by atoms with Crippen molar-refractivity contribution < 1.29 is 29.9 Å². The first kappa shape index (κ1) is 19.8. The van der Waals surface area contributed by atoms with Crippen LogP contribution in [-0.2, 0) is 9.47 Å². The molecule has 1 saturated heterocycles. The second kappa shape index (κ2) is 11.3. The summed E-state index contributed by atoms with van der Waals surface area (Å²) >= 11 is 0. The number of hydrogen-bond acceptors (Lipinski definition) is 6. The van der Waals surface area contributed by atoms with Gasteiger partial charge in [-0.3, -0.25) is 0 Å². The molecular weight excluding hydrogens is 288 g/mol. The Hall–Kier alpha value is -0.240. The molecule has 4 N–H and O–H groups in total. The van der Waals surface area contributed by atoms with E-state index in [0.717, 1.165) is 12.8 Å². The van der Waals surface area contributed by atoms with Crippen molar-refractivity contribution in [2.75, 3.05) is 13.2 Å². The molecule has 0 bridgehead atoms. The lowest BCUT2D eigenvalue weighted by Crippen LogP contribution is -2.40. The summed E-state index contributed by atoms with van der Waals surface area (Å²) in [4.78, 5) is 0. The highest BCUT2D eigenvalue weighted by atomic mass is 16.7. The number of aliphatic hydroxyl groups excluding tert-OH is 4. The molecule has 0 aliphatic carbocycles. The van der Waals surface area contributed by atoms with Gasteiger partial charge in [0.15, 0.2) is 6.29 Å². The van der Waals surface area contributed by atoms with Crippen LogP contribution in [0, 0.1) is 0 Å². The zero-order valence-electron chi connectivity index (χ0n) is 13.6. The Morgan fingerprint density at radius 1 is 0.955 bits per heavy atom. The molecule has 1 aliphatic rings. The van der Waals surface area contributed by atoms with Crippen LogP contribution in [0.15, 0.2) is 0 Å². The summed E-state index contributed by atoms with van der Waals surface area (Å²) in [5, 5.41) is 37.9. The van der Waals surface area contributed by atoms with E-state index >= 15 is 0 Å². The van der Waals surface area contributed by atoms with Crippen molar-refractivity contribution in [1.29, 1.82) is 0 Å². The summed E-state index contributed by atoms with van der Waals surface area (Å²) in [5.74, 6) is 0. The fourth-order valence-corrected chi connectivity index (χ4v) is 2.67. The molecule has 22 heavy (non-hydrogen) atoms. The predicted molar refractivity (Wildman–Crippen MR) is 82.3 cm³/mol. The second-order valence-electron chi connectivity index (χ2n) is 6.05. The Kier molecular flexibility index (Phi) is 10.2. The molecular formula is C16H32O6. The largest absolute Gasteiger partial charge is 0.394 e. The molecule has 6 nitrogen and oxygen atoms in total. The zero-order chi connectivity index (χ0) is 16.4. The van der Waals surface area contributed by atoms with Gasteiger partial charge < -0.3 is 29.9 Å². The van der Waals surface area contributed by atoms with Crippen molar-refractivity contribution in [2.24, 2.45) is 0 Å². The summed E-state index contributed by atoms with van der Waals surface area (Å²) in [6, 6.07) is 0. The highest BCUT2D eigenvalue weighted by molar-refractivity contribution is 4.90. The van der Waals surface area contributed by atoms with E-state index in [4.69, 9.17) is 14.6 Å². The number of unbranched alkanes of at least 4 members (excludes halogenated alkanes) is 7. The van der Waals surface area contributed by atoms with Crippen molar-refractivity contribution in [3.05, 3.63) is 0 Å². The van der Waals surface area contributed by atoms with Crippen LogP contribution in [0.4, 0.5) is 0 Å². The Labute approximate surface area is 133 Å². The smallest absolute Gasteiger partial charge is 0.186 e. The lowest BCUT2D eigenvalue weighted by Gasteiger charge is -2.18. The minimum Gasteiger partial charge on any atom is -0.394 e. The molecule has 1 heterocycles. The maximum absolute atomic E-state index is 9.80. The summed E-state index contributed by atoms with van der Waals surface area (Å²) in [6.45, 7) is 2.13. The second-order valence-corrected chi connectivity index (χ2v) is 6.05. The van der Waals surface area contributed by atoms with Gasteiger partial charge in [-0.2, -0.15) is 0 Å². The SMILES string of the molecule is CCCCCCCCCCOC1O[C@@H]([C@H](O)CO)[C@H](O)[C@H]1O. The van der Waals surface area contributed by atoms with Crippen LogP contribution in [0.5, 0.6) is 0 Å². The van der Waals surface area contributed by atoms with Crippen molar-refractivity contribution in [2.45, 2.75) is 89.0 Å². The number of rotatable bonds is 12. The van der Waals surface area contributed by atoms with Gasteiger partial charge in [0.1, 0.15) is 24.4 Å². The van der Waals surface area contributed by atoms with Gasteiger partial charge in [-0.25, -0.2) is 0 Å². The number of ether oxygens (including phenoxy) is 2. The third kappa shape index (κ3) is 6.48. The number of hydrogen-bond donors (Lipinski definition) is 4. The summed E-state index contributed by atoms with van der Waals surface area (Å²) in [6.07, 6.45) is 3.92. The first-order valence-corrected chi connectivity index (χ1v) is 8.54. The lowest BCUT2D eigenvalue weighted by molar-refractivity contribution is -0.181. The maximum atomic E-state index is 9.80. The number of aliphatic hydroxyl groups is 4. The molecule has 132 valence electrons. The van der Waals surface area contributed by atoms with E-state index in [1.165, 1.54) is 38.5 Å². The van der Waals surface area contributed by atoms with Crippen LogP contribution in [0.2, 0.25) is 0 Å². The Bertz CT molecular complexity index is 275. The first-order valence-electron chi connectivity index (χ1n) is 8.54. The Balaban J connectivity index is 2.07. The predicted octanol–water partition coefficient (Wildman–Crippen LogP) is 0.944. The van der Waals surface area contributed by atoms with E-state index in [9.17, 15) is 15.3 Å². The molecule has 6 heteroatoms. The Morgan fingerprint density at radius 3 is 2.14 bits per heavy atom. The first-order chi connectivity index (χ1) is 10.6. The standard InChI is InChI=1S/C16H32O6/c1-2-3-4-5-6-7-8-9-10-21-16-14(20)13(19)15(22-16)12(18)11-17/h12-20H,2-11H2,1H3/t12-,13-,14-,15+,16?/m1/s1. The highest BCUT2D eigenvalue weighted by Gasteiger charge is 2.46. The normalized spacial score (nSPS) is 29.9. The molecule has 0 amide bonds. The van der Waals surface area contributed by atoms with Crippen LogP contribution < -0.4 is 0 Å². The van der Waals surface area contributed by atoms with Crippen LogP contribution in [0.3, 0.4) is 0 Å². The molecule has 0 aromatic carbocycles. The fraction of sp³-hybridized carbons (Fsp3) is 1.00. The van der Waals surface area contributed by atoms with E-state index in [0.29, 0.717) is 6.61 Å². The molecule has 1 rings (SSSR count). The summed E-state index contributed by atoms with van der Waals surface area (Å²) in [5.41, 5.74) is 0. The van der Waals surface area contributed by atoms with Gasteiger partial charge in [-0.1, -0.05) is 51.9 Å². The van der Waals surface area contributed by atoms with Crippen LogP contribution in [0.1, 0.15) is 58.3 Å². The molecule has 0 radical (unpaired) electrons. The van der Waals surface area contributed by atoms with E-state index < -0.39 is 37.3 Å². The van der Waals surface area contributed by atoms with Gasteiger partial charge >= 0.3 is 0 Å². The monoisotopic (exact) mass is 320 g/mol. The lowest BCUT2D eigenvalue weighted by atomic mass is 10.1.